The Morgan fingerprint density at radius 3 is 2.47 bits per heavy atom. The average Bonchev–Trinajstić information content (AvgIpc) is 2.41. The maximum Gasteiger partial charge on any atom is 0.0589 e. The third-order valence-corrected chi connectivity index (χ3v) is 4.95. The van der Waals surface area contributed by atoms with Gasteiger partial charge in [0.2, 0.25) is 0 Å². The highest BCUT2D eigenvalue weighted by atomic mass is 16.5. The van der Waals surface area contributed by atoms with Gasteiger partial charge in [-0.3, -0.25) is 4.90 Å². The molecule has 1 N–H and O–H groups in total. The van der Waals surface area contributed by atoms with Gasteiger partial charge in [0.05, 0.1) is 6.61 Å². The fourth-order valence-corrected chi connectivity index (χ4v) is 3.72. The van der Waals surface area contributed by atoms with Crippen LogP contribution in [-0.4, -0.2) is 75.4 Å². The lowest BCUT2D eigenvalue weighted by molar-refractivity contribution is 0.0189. The predicted octanol–water partition coefficient (Wildman–Crippen LogP) is 1.17. The third-order valence-electron chi connectivity index (χ3n) is 4.95. The average molecular weight is 269 g/mol. The standard InChI is InChI=1S/C15H31N3O/c1-16-13-11-14-5-4-6-15(12-13)18(14)8-7-17(2)9-10-19-3/h13-16H,4-12H2,1-3H3. The van der Waals surface area contributed by atoms with Gasteiger partial charge < -0.3 is 15.0 Å². The summed E-state index contributed by atoms with van der Waals surface area (Å²) in [6, 6.07) is 2.39. The molecule has 0 radical (unpaired) electrons. The first kappa shape index (κ1) is 15.2. The number of methoxy groups -OCH3 is 1. The van der Waals surface area contributed by atoms with Crippen LogP contribution in [0.25, 0.3) is 0 Å². The van der Waals surface area contributed by atoms with E-state index in [2.05, 4.69) is 29.2 Å². The van der Waals surface area contributed by atoms with Crippen molar-refractivity contribution in [1.82, 2.24) is 15.1 Å². The zero-order chi connectivity index (χ0) is 13.7. The normalized spacial score (nSPS) is 31.9. The molecule has 2 fully saturated rings. The molecule has 2 unspecified atom stereocenters. The van der Waals surface area contributed by atoms with Crippen LogP contribution >= 0.6 is 0 Å². The van der Waals surface area contributed by atoms with Crippen LogP contribution in [0.5, 0.6) is 0 Å². The summed E-state index contributed by atoms with van der Waals surface area (Å²) in [6.07, 6.45) is 6.91. The summed E-state index contributed by atoms with van der Waals surface area (Å²) in [5.41, 5.74) is 0. The van der Waals surface area contributed by atoms with Gasteiger partial charge >= 0.3 is 0 Å². The molecule has 2 rings (SSSR count). The fraction of sp³-hybridized carbons (Fsp3) is 1.00. The molecule has 0 spiro atoms. The molecule has 0 aliphatic carbocycles. The van der Waals surface area contributed by atoms with Crippen molar-refractivity contribution in [2.45, 2.75) is 50.2 Å². The number of nitrogens with zero attached hydrogens (tertiary/aromatic N) is 2. The zero-order valence-corrected chi connectivity index (χ0v) is 12.9. The first-order chi connectivity index (χ1) is 9.24. The van der Waals surface area contributed by atoms with Crippen LogP contribution in [0.2, 0.25) is 0 Å². The number of likely N-dealkylation sites (N-methyl/N-ethyl adjacent to an activating group) is 1. The molecule has 4 heteroatoms. The Balaban J connectivity index is 1.79. The minimum atomic E-state index is 0.748. The Hall–Kier alpha value is -0.160. The van der Waals surface area contributed by atoms with Gasteiger partial charge in [0.15, 0.2) is 0 Å². The maximum atomic E-state index is 5.14. The van der Waals surface area contributed by atoms with Crippen LogP contribution in [0.1, 0.15) is 32.1 Å². The number of piperidine rings is 2. The van der Waals surface area contributed by atoms with Gasteiger partial charge in [-0.2, -0.15) is 0 Å². The molecule has 2 aliphatic heterocycles. The molecule has 0 saturated carbocycles. The summed E-state index contributed by atoms with van der Waals surface area (Å²) in [5.74, 6) is 0. The van der Waals surface area contributed by atoms with Crippen LogP contribution in [0.15, 0.2) is 0 Å². The Kier molecular flexibility index (Phi) is 6.07. The van der Waals surface area contributed by atoms with E-state index in [-0.39, 0.29) is 0 Å². The number of rotatable bonds is 7. The van der Waals surface area contributed by atoms with Crippen molar-refractivity contribution in [3.63, 3.8) is 0 Å². The second-order valence-electron chi connectivity index (χ2n) is 6.23. The second kappa shape index (κ2) is 7.58. The van der Waals surface area contributed by atoms with E-state index in [9.17, 15) is 0 Å². The molecule has 2 atom stereocenters. The molecule has 0 amide bonds. The van der Waals surface area contributed by atoms with Crippen LogP contribution in [-0.2, 0) is 4.74 Å². The summed E-state index contributed by atoms with van der Waals surface area (Å²) >= 11 is 0. The minimum absolute atomic E-state index is 0.748. The lowest BCUT2D eigenvalue weighted by Gasteiger charge is -2.49. The van der Waals surface area contributed by atoms with E-state index in [1.54, 1.807) is 7.11 Å². The van der Waals surface area contributed by atoms with E-state index >= 15 is 0 Å². The van der Waals surface area contributed by atoms with Crippen LogP contribution in [0.4, 0.5) is 0 Å². The Labute approximate surface area is 118 Å². The lowest BCUT2D eigenvalue weighted by atomic mass is 9.82. The Morgan fingerprint density at radius 2 is 1.89 bits per heavy atom. The van der Waals surface area contributed by atoms with Crippen molar-refractivity contribution < 1.29 is 4.74 Å². The van der Waals surface area contributed by atoms with Gasteiger partial charge in [0, 0.05) is 44.9 Å². The van der Waals surface area contributed by atoms with E-state index in [1.807, 2.05) is 0 Å². The summed E-state index contributed by atoms with van der Waals surface area (Å²) < 4.78 is 5.14. The van der Waals surface area contributed by atoms with E-state index in [0.29, 0.717) is 0 Å². The van der Waals surface area contributed by atoms with Gasteiger partial charge in [-0.25, -0.2) is 0 Å². The molecule has 112 valence electrons. The smallest absolute Gasteiger partial charge is 0.0589 e. The lowest BCUT2D eigenvalue weighted by Crippen LogP contribution is -2.57. The Bertz CT molecular complexity index is 248. The molecule has 2 aliphatic rings. The third kappa shape index (κ3) is 4.15. The fourth-order valence-electron chi connectivity index (χ4n) is 3.72. The van der Waals surface area contributed by atoms with Crippen LogP contribution < -0.4 is 5.32 Å². The molecule has 19 heavy (non-hydrogen) atoms. The topological polar surface area (TPSA) is 27.7 Å². The first-order valence-corrected chi connectivity index (χ1v) is 7.85. The minimum Gasteiger partial charge on any atom is -0.383 e. The van der Waals surface area contributed by atoms with Crippen molar-refractivity contribution in [1.29, 1.82) is 0 Å². The summed E-state index contributed by atoms with van der Waals surface area (Å²) in [4.78, 5) is 5.18. The van der Waals surface area contributed by atoms with Gasteiger partial charge in [-0.1, -0.05) is 6.42 Å². The molecule has 2 bridgehead atoms. The summed E-state index contributed by atoms with van der Waals surface area (Å²) in [6.45, 7) is 4.27. The SMILES string of the molecule is CNC1CC2CCCC(C1)N2CCN(C)CCOC. The number of ether oxygens (including phenoxy) is 1. The molecule has 0 aromatic carbocycles. The number of hydrogen-bond donors (Lipinski definition) is 1. The molecular weight excluding hydrogens is 238 g/mol. The zero-order valence-electron chi connectivity index (χ0n) is 12.9. The van der Waals surface area contributed by atoms with E-state index in [0.717, 1.165) is 31.3 Å². The highest BCUT2D eigenvalue weighted by molar-refractivity contribution is 4.94. The van der Waals surface area contributed by atoms with Crippen molar-refractivity contribution in [3.05, 3.63) is 0 Å². The first-order valence-electron chi connectivity index (χ1n) is 7.85. The number of fused-ring (bicyclic) bond motifs is 2. The number of hydrogen-bond acceptors (Lipinski definition) is 4. The van der Waals surface area contributed by atoms with Crippen molar-refractivity contribution in [2.75, 3.05) is 47.4 Å². The summed E-state index contributed by atoms with van der Waals surface area (Å²) in [5, 5.41) is 3.49. The Morgan fingerprint density at radius 1 is 1.21 bits per heavy atom. The van der Waals surface area contributed by atoms with Crippen molar-refractivity contribution in [2.24, 2.45) is 0 Å². The largest absolute Gasteiger partial charge is 0.383 e. The predicted molar refractivity (Wildman–Crippen MR) is 79.6 cm³/mol. The van der Waals surface area contributed by atoms with Gasteiger partial charge in [-0.15, -0.1) is 0 Å². The van der Waals surface area contributed by atoms with Gasteiger partial charge in [0.1, 0.15) is 0 Å². The van der Waals surface area contributed by atoms with Crippen LogP contribution in [0.3, 0.4) is 0 Å². The molecule has 2 saturated heterocycles. The van der Waals surface area contributed by atoms with E-state index < -0.39 is 0 Å². The molecule has 0 aromatic rings. The molecular formula is C15H31N3O. The van der Waals surface area contributed by atoms with Gasteiger partial charge in [-0.05, 0) is 39.8 Å². The quantitative estimate of drug-likeness (QED) is 0.751. The highest BCUT2D eigenvalue weighted by Crippen LogP contribution is 2.33. The number of nitrogens with one attached hydrogen (secondary N) is 1. The van der Waals surface area contributed by atoms with Gasteiger partial charge in [0.25, 0.3) is 0 Å². The van der Waals surface area contributed by atoms with Crippen molar-refractivity contribution >= 4 is 0 Å². The maximum absolute atomic E-state index is 5.14. The van der Waals surface area contributed by atoms with E-state index in [4.69, 9.17) is 4.74 Å². The highest BCUT2D eigenvalue weighted by Gasteiger charge is 2.37. The van der Waals surface area contributed by atoms with Crippen LogP contribution in [0, 0.1) is 0 Å². The molecule has 0 aromatic heterocycles. The second-order valence-corrected chi connectivity index (χ2v) is 6.23. The van der Waals surface area contributed by atoms with Crippen molar-refractivity contribution in [3.8, 4) is 0 Å². The molecule has 4 nitrogen and oxygen atoms in total. The summed E-state index contributed by atoms with van der Waals surface area (Å²) in [7, 11) is 6.10. The van der Waals surface area contributed by atoms with E-state index in [1.165, 1.54) is 45.2 Å². The monoisotopic (exact) mass is 269 g/mol. The molecule has 2 heterocycles.